The molecule has 0 amide bonds. The maximum Gasteiger partial charge on any atom is 0.152 e. The average Bonchev–Trinajstić information content (AvgIpc) is 2.86. The second kappa shape index (κ2) is 4.02. The maximum atomic E-state index is 6.18. The maximum absolute atomic E-state index is 6.18. The predicted molar refractivity (Wildman–Crippen MR) is 61.6 cm³/mol. The fraction of sp³-hybridized carbons (Fsp3) is 0.727. The van der Waals surface area contributed by atoms with Gasteiger partial charge < -0.3 is 15.0 Å². The van der Waals surface area contributed by atoms with Gasteiger partial charge in [-0.2, -0.15) is 0 Å². The second-order valence-corrected chi connectivity index (χ2v) is 4.96. The normalized spacial score (nSPS) is 29.4. The Morgan fingerprint density at radius 3 is 3.06 bits per heavy atom. The first-order valence-corrected chi connectivity index (χ1v) is 6.24. The zero-order chi connectivity index (χ0) is 11.1. The van der Waals surface area contributed by atoms with Crippen LogP contribution in [0, 0.1) is 0 Å². The molecule has 2 N–H and O–H groups in total. The van der Waals surface area contributed by atoms with Crippen LogP contribution in [0.25, 0.3) is 0 Å². The zero-order valence-electron chi connectivity index (χ0n) is 9.16. The molecule has 0 spiro atoms. The van der Waals surface area contributed by atoms with E-state index in [2.05, 4.69) is 9.55 Å². The summed E-state index contributed by atoms with van der Waals surface area (Å²) in [6.07, 6.45) is 3.16. The van der Waals surface area contributed by atoms with E-state index in [0.717, 1.165) is 50.5 Å². The molecule has 0 radical (unpaired) electrons. The van der Waals surface area contributed by atoms with Crippen molar-refractivity contribution in [3.05, 3.63) is 16.7 Å². The van der Waals surface area contributed by atoms with Gasteiger partial charge in [0, 0.05) is 25.1 Å². The number of fused-ring (bicyclic) bond motifs is 1. The SMILES string of the molecule is NC1CCCn2c(C3CCOC3)nc(Cl)c21. The van der Waals surface area contributed by atoms with Crippen molar-refractivity contribution >= 4 is 11.6 Å². The smallest absolute Gasteiger partial charge is 0.152 e. The van der Waals surface area contributed by atoms with Gasteiger partial charge in [0.2, 0.25) is 0 Å². The molecule has 88 valence electrons. The van der Waals surface area contributed by atoms with Crippen molar-refractivity contribution in [1.82, 2.24) is 9.55 Å². The Hall–Kier alpha value is -0.580. The molecule has 0 aromatic carbocycles. The Labute approximate surface area is 99.7 Å². The Morgan fingerprint density at radius 1 is 1.44 bits per heavy atom. The van der Waals surface area contributed by atoms with Crippen LogP contribution in [0.5, 0.6) is 0 Å². The highest BCUT2D eigenvalue weighted by Gasteiger charge is 2.30. The standard InChI is InChI=1S/C11H16ClN3O/c12-10-9-8(13)2-1-4-15(9)11(14-10)7-3-5-16-6-7/h7-8H,1-6,13H2. The molecule has 2 aliphatic heterocycles. The predicted octanol–water partition coefficient (Wildman–Crippen LogP) is 1.83. The highest BCUT2D eigenvalue weighted by Crippen LogP contribution is 2.34. The summed E-state index contributed by atoms with van der Waals surface area (Å²) in [5.74, 6) is 1.48. The van der Waals surface area contributed by atoms with E-state index in [-0.39, 0.29) is 6.04 Å². The summed E-state index contributed by atoms with van der Waals surface area (Å²) in [4.78, 5) is 4.49. The Balaban J connectivity index is 2.02. The van der Waals surface area contributed by atoms with E-state index in [1.807, 2.05) is 0 Å². The van der Waals surface area contributed by atoms with Crippen LogP contribution in [-0.2, 0) is 11.3 Å². The van der Waals surface area contributed by atoms with Crippen LogP contribution in [0.4, 0.5) is 0 Å². The van der Waals surface area contributed by atoms with Crippen molar-refractivity contribution in [2.75, 3.05) is 13.2 Å². The molecule has 1 saturated heterocycles. The van der Waals surface area contributed by atoms with Crippen molar-refractivity contribution in [2.24, 2.45) is 5.73 Å². The van der Waals surface area contributed by atoms with Crippen LogP contribution in [0.1, 0.15) is 42.7 Å². The Kier molecular flexibility index (Phi) is 2.65. The fourth-order valence-corrected chi connectivity index (χ4v) is 3.03. The van der Waals surface area contributed by atoms with Gasteiger partial charge >= 0.3 is 0 Å². The average molecular weight is 242 g/mol. The fourth-order valence-electron chi connectivity index (χ4n) is 2.70. The molecule has 1 aromatic rings. The monoisotopic (exact) mass is 241 g/mol. The van der Waals surface area contributed by atoms with E-state index in [4.69, 9.17) is 22.1 Å². The lowest BCUT2D eigenvalue weighted by molar-refractivity contribution is 0.192. The molecule has 0 saturated carbocycles. The van der Waals surface area contributed by atoms with Crippen molar-refractivity contribution in [3.63, 3.8) is 0 Å². The first kappa shape index (κ1) is 10.6. The van der Waals surface area contributed by atoms with Crippen molar-refractivity contribution in [2.45, 2.75) is 37.8 Å². The third kappa shape index (κ3) is 1.56. The van der Waals surface area contributed by atoms with Gasteiger partial charge in [-0.05, 0) is 19.3 Å². The number of hydrogen-bond acceptors (Lipinski definition) is 3. The van der Waals surface area contributed by atoms with Gasteiger partial charge in [0.15, 0.2) is 5.15 Å². The summed E-state index contributed by atoms with van der Waals surface area (Å²) in [6, 6.07) is 0.0461. The molecule has 1 fully saturated rings. The van der Waals surface area contributed by atoms with Crippen molar-refractivity contribution < 1.29 is 4.74 Å². The van der Waals surface area contributed by atoms with Gasteiger partial charge in [-0.1, -0.05) is 11.6 Å². The van der Waals surface area contributed by atoms with Crippen LogP contribution in [0.15, 0.2) is 0 Å². The molecule has 3 rings (SSSR count). The number of aromatic nitrogens is 2. The first-order valence-electron chi connectivity index (χ1n) is 5.86. The number of hydrogen-bond donors (Lipinski definition) is 1. The summed E-state index contributed by atoms with van der Waals surface area (Å²) < 4.78 is 7.63. The molecule has 3 heterocycles. The quantitative estimate of drug-likeness (QED) is 0.816. The summed E-state index contributed by atoms with van der Waals surface area (Å²) >= 11 is 6.18. The number of ether oxygens (including phenoxy) is 1. The van der Waals surface area contributed by atoms with Crippen LogP contribution in [-0.4, -0.2) is 22.8 Å². The molecular formula is C11H16ClN3O. The lowest BCUT2D eigenvalue weighted by Gasteiger charge is -2.23. The van der Waals surface area contributed by atoms with E-state index in [9.17, 15) is 0 Å². The van der Waals surface area contributed by atoms with E-state index >= 15 is 0 Å². The number of nitrogens with zero attached hydrogens (tertiary/aromatic N) is 2. The van der Waals surface area contributed by atoms with Crippen molar-refractivity contribution in [3.8, 4) is 0 Å². The summed E-state index contributed by atoms with van der Waals surface area (Å²) in [5, 5.41) is 0.592. The van der Waals surface area contributed by atoms with Crippen LogP contribution in [0.3, 0.4) is 0 Å². The van der Waals surface area contributed by atoms with Gasteiger partial charge in [0.1, 0.15) is 5.82 Å². The molecule has 0 bridgehead atoms. The third-order valence-corrected chi connectivity index (χ3v) is 3.81. The minimum Gasteiger partial charge on any atom is -0.381 e. The van der Waals surface area contributed by atoms with Crippen LogP contribution >= 0.6 is 11.6 Å². The van der Waals surface area contributed by atoms with E-state index in [0.29, 0.717) is 11.1 Å². The topological polar surface area (TPSA) is 53.1 Å². The number of nitrogens with two attached hydrogens (primary N) is 1. The molecule has 2 atom stereocenters. The van der Waals surface area contributed by atoms with Gasteiger partial charge in [-0.15, -0.1) is 0 Å². The van der Waals surface area contributed by atoms with Crippen LogP contribution < -0.4 is 5.73 Å². The Morgan fingerprint density at radius 2 is 2.31 bits per heavy atom. The van der Waals surface area contributed by atoms with Gasteiger partial charge in [-0.25, -0.2) is 4.98 Å². The molecule has 0 aliphatic carbocycles. The van der Waals surface area contributed by atoms with Crippen molar-refractivity contribution in [1.29, 1.82) is 0 Å². The number of halogens is 1. The largest absolute Gasteiger partial charge is 0.381 e. The second-order valence-electron chi connectivity index (χ2n) is 4.61. The first-order chi connectivity index (χ1) is 7.77. The van der Waals surface area contributed by atoms with Gasteiger partial charge in [0.05, 0.1) is 12.3 Å². The van der Waals surface area contributed by atoms with Crippen LogP contribution in [0.2, 0.25) is 5.15 Å². The Bertz CT molecular complexity index is 398. The van der Waals surface area contributed by atoms with E-state index in [1.54, 1.807) is 0 Å². The van der Waals surface area contributed by atoms with E-state index in [1.165, 1.54) is 0 Å². The number of rotatable bonds is 1. The molecule has 16 heavy (non-hydrogen) atoms. The highest BCUT2D eigenvalue weighted by atomic mass is 35.5. The molecule has 2 aliphatic rings. The molecular weight excluding hydrogens is 226 g/mol. The zero-order valence-corrected chi connectivity index (χ0v) is 9.91. The summed E-state index contributed by atoms with van der Waals surface area (Å²) in [6.45, 7) is 2.59. The minimum atomic E-state index is 0.0461. The van der Waals surface area contributed by atoms with Gasteiger partial charge in [-0.3, -0.25) is 0 Å². The minimum absolute atomic E-state index is 0.0461. The molecule has 5 heteroatoms. The summed E-state index contributed by atoms with van der Waals surface area (Å²) in [7, 11) is 0. The third-order valence-electron chi connectivity index (χ3n) is 3.53. The molecule has 4 nitrogen and oxygen atoms in total. The van der Waals surface area contributed by atoms with Gasteiger partial charge in [0.25, 0.3) is 0 Å². The number of imidazole rings is 1. The highest BCUT2D eigenvalue weighted by molar-refractivity contribution is 6.30. The summed E-state index contributed by atoms with van der Waals surface area (Å²) in [5.41, 5.74) is 7.11. The lowest BCUT2D eigenvalue weighted by Crippen LogP contribution is -2.23. The molecule has 1 aromatic heterocycles. The molecule has 2 unspecified atom stereocenters. The van der Waals surface area contributed by atoms with E-state index < -0.39 is 0 Å². The lowest BCUT2D eigenvalue weighted by atomic mass is 10.0.